The van der Waals surface area contributed by atoms with Crippen molar-refractivity contribution in [3.63, 3.8) is 0 Å². The topological polar surface area (TPSA) is 174 Å². The van der Waals surface area contributed by atoms with E-state index in [1.807, 2.05) is 0 Å². The highest BCUT2D eigenvalue weighted by molar-refractivity contribution is 8.01. The molecule has 2 atom stereocenters. The van der Waals surface area contributed by atoms with Gasteiger partial charge in [-0.25, -0.2) is 14.3 Å². The number of carbonyl (C=O) groups is 3. The molecule has 1 saturated heterocycles. The zero-order valence-corrected chi connectivity index (χ0v) is 21.7. The van der Waals surface area contributed by atoms with Crippen molar-refractivity contribution in [1.29, 1.82) is 0 Å². The summed E-state index contributed by atoms with van der Waals surface area (Å²) in [5.74, 6) is -1.75. The van der Waals surface area contributed by atoms with Gasteiger partial charge in [-0.2, -0.15) is 9.61 Å². The zero-order valence-electron chi connectivity index (χ0n) is 20.1. The van der Waals surface area contributed by atoms with Gasteiger partial charge >= 0.3 is 11.7 Å². The van der Waals surface area contributed by atoms with E-state index in [0.717, 1.165) is 0 Å². The Morgan fingerprint density at radius 2 is 2.13 bits per heavy atom. The predicted molar refractivity (Wildman–Crippen MR) is 136 cm³/mol. The number of amides is 2. The molecule has 5 rings (SSSR count). The normalized spacial score (nSPS) is 19.4. The molecule has 0 aromatic carbocycles. The minimum absolute atomic E-state index is 0.120. The number of oxime groups is 1. The van der Waals surface area contributed by atoms with Crippen LogP contribution in [-0.4, -0.2) is 82.4 Å². The van der Waals surface area contributed by atoms with Crippen LogP contribution in [0.15, 0.2) is 61.2 Å². The smallest absolute Gasteiger partial charge is 0.366 e. The van der Waals surface area contributed by atoms with E-state index in [1.54, 1.807) is 25.1 Å². The third kappa shape index (κ3) is 4.56. The Morgan fingerprint density at radius 3 is 2.84 bits per heavy atom. The maximum Gasteiger partial charge on any atom is 0.366 e. The Bertz CT molecular complexity index is 1540. The highest BCUT2D eigenvalue weighted by Gasteiger charge is 2.54. The zero-order chi connectivity index (χ0) is 27.0. The second kappa shape index (κ2) is 10.4. The molecule has 3 aromatic rings. The molecule has 198 valence electrons. The number of β-lactam (4-membered cyclic amide) rings is 1. The lowest BCUT2D eigenvalue weighted by Gasteiger charge is -2.49. The molecule has 0 spiro atoms. The van der Waals surface area contributed by atoms with Crippen LogP contribution in [-0.2, 0) is 26.3 Å². The molecule has 2 aliphatic heterocycles. The van der Waals surface area contributed by atoms with Crippen molar-refractivity contribution in [3.8, 4) is 0 Å². The highest BCUT2D eigenvalue weighted by atomic mass is 32.2. The number of nitrogens with zero attached hydrogens (tertiary/aromatic N) is 6. The Labute approximate surface area is 222 Å². The average molecular weight is 560 g/mol. The Morgan fingerprint density at radius 1 is 1.32 bits per heavy atom. The molecule has 5 heterocycles. The number of hydrogen-bond donors (Lipinski definition) is 2. The minimum Gasteiger partial charge on any atom is -0.477 e. The summed E-state index contributed by atoms with van der Waals surface area (Å²) in [5.41, 5.74) is 0.267. The summed E-state index contributed by atoms with van der Waals surface area (Å²) in [5, 5.41) is 24.6. The molecular formula is C22H21N7O7S2. The Hall–Kier alpha value is -4.05. The summed E-state index contributed by atoms with van der Waals surface area (Å²) in [6.07, 6.45) is 1.38. The van der Waals surface area contributed by atoms with E-state index >= 15 is 0 Å². The molecule has 16 heteroatoms. The predicted octanol–water partition coefficient (Wildman–Crippen LogP) is 0.293. The number of hydrogen-bond acceptors (Lipinski definition) is 11. The number of carboxylic acids is 1. The molecule has 1 unspecified atom stereocenters. The van der Waals surface area contributed by atoms with Crippen LogP contribution in [0.4, 0.5) is 0 Å². The second-order valence-corrected chi connectivity index (χ2v) is 10.2. The van der Waals surface area contributed by atoms with Crippen molar-refractivity contribution in [2.24, 2.45) is 12.2 Å². The van der Waals surface area contributed by atoms with E-state index in [0.29, 0.717) is 22.0 Å². The van der Waals surface area contributed by atoms with Crippen LogP contribution in [0.25, 0.3) is 5.65 Å². The van der Waals surface area contributed by atoms with Gasteiger partial charge in [0.1, 0.15) is 28.7 Å². The molecule has 0 aliphatic carbocycles. The SMILES string of the molecule is CCON=C(C(=O)NC1C(=O)N2C(C(=O)O)=C(CSc3ccc4nn(C)c(=O)n4n3)CS[C@@H]12)c1ccco1. The van der Waals surface area contributed by atoms with Crippen LogP contribution in [0.5, 0.6) is 0 Å². The van der Waals surface area contributed by atoms with Gasteiger partial charge in [-0.3, -0.25) is 14.5 Å². The molecular weight excluding hydrogens is 538 g/mol. The fourth-order valence-corrected chi connectivity index (χ4v) is 6.27. The van der Waals surface area contributed by atoms with Gasteiger partial charge in [0.2, 0.25) is 5.71 Å². The van der Waals surface area contributed by atoms with Crippen LogP contribution in [0, 0.1) is 0 Å². The lowest BCUT2D eigenvalue weighted by atomic mass is 10.0. The van der Waals surface area contributed by atoms with Gasteiger partial charge in [0.05, 0.1) is 6.26 Å². The van der Waals surface area contributed by atoms with Gasteiger partial charge in [0.25, 0.3) is 11.8 Å². The summed E-state index contributed by atoms with van der Waals surface area (Å²) in [7, 11) is 1.52. The van der Waals surface area contributed by atoms with Gasteiger partial charge in [0, 0.05) is 18.6 Å². The largest absolute Gasteiger partial charge is 0.477 e. The van der Waals surface area contributed by atoms with Crippen molar-refractivity contribution < 1.29 is 28.7 Å². The monoisotopic (exact) mass is 559 g/mol. The quantitative estimate of drug-likeness (QED) is 0.160. The Kier molecular flexibility index (Phi) is 6.98. The molecule has 0 saturated carbocycles. The molecule has 38 heavy (non-hydrogen) atoms. The third-order valence-corrected chi connectivity index (χ3v) is 8.03. The van der Waals surface area contributed by atoms with Crippen molar-refractivity contribution in [2.75, 3.05) is 18.1 Å². The van der Waals surface area contributed by atoms with Crippen LogP contribution in [0.2, 0.25) is 0 Å². The fraction of sp³-hybridized carbons (Fsp3) is 0.318. The standard InChI is InChI=1S/C22H21N7O7S2/c1-3-36-26-15(12-5-4-8-35-12)18(30)23-16-19(31)28-17(21(32)33)11(10-38-20(16)28)9-37-14-7-6-13-24-27(2)22(34)29(13)25-14/h4-8,16,20H,3,9-10H2,1-2H3,(H,23,30)(H,32,33)/t16?,20-/m0/s1. The molecule has 0 radical (unpaired) electrons. The maximum absolute atomic E-state index is 13.0. The molecule has 2 amide bonds. The van der Waals surface area contributed by atoms with Gasteiger partial charge in [0.15, 0.2) is 11.4 Å². The summed E-state index contributed by atoms with van der Waals surface area (Å²) in [6, 6.07) is 5.51. The van der Waals surface area contributed by atoms with E-state index in [1.165, 1.54) is 57.0 Å². The fourth-order valence-electron chi connectivity index (χ4n) is 3.93. The van der Waals surface area contributed by atoms with Crippen molar-refractivity contribution in [3.05, 3.63) is 58.0 Å². The first kappa shape index (κ1) is 25.6. The van der Waals surface area contributed by atoms with Gasteiger partial charge in [-0.15, -0.1) is 28.6 Å². The number of aromatic nitrogens is 4. The van der Waals surface area contributed by atoms with Gasteiger partial charge in [-0.05, 0) is 36.8 Å². The first-order valence-corrected chi connectivity index (χ1v) is 13.3. The number of aryl methyl sites for hydroxylation is 1. The van der Waals surface area contributed by atoms with Gasteiger partial charge in [-0.1, -0.05) is 5.16 Å². The number of aliphatic carboxylic acids is 1. The minimum atomic E-state index is -1.25. The maximum atomic E-state index is 13.0. The summed E-state index contributed by atoms with van der Waals surface area (Å²) in [6.45, 7) is 1.93. The number of furan rings is 1. The molecule has 14 nitrogen and oxygen atoms in total. The van der Waals surface area contributed by atoms with E-state index < -0.39 is 34.9 Å². The number of rotatable bonds is 9. The first-order valence-electron chi connectivity index (χ1n) is 11.3. The molecule has 2 N–H and O–H groups in total. The van der Waals surface area contributed by atoms with E-state index in [-0.39, 0.29) is 29.5 Å². The van der Waals surface area contributed by atoms with Crippen LogP contribution in [0.1, 0.15) is 12.7 Å². The van der Waals surface area contributed by atoms with Crippen molar-refractivity contribution in [2.45, 2.75) is 23.4 Å². The molecule has 1 fully saturated rings. The summed E-state index contributed by atoms with van der Waals surface area (Å²) < 4.78 is 7.59. The molecule has 2 aliphatic rings. The van der Waals surface area contributed by atoms with Crippen LogP contribution < -0.4 is 11.0 Å². The number of nitrogens with one attached hydrogen (secondary N) is 1. The van der Waals surface area contributed by atoms with Crippen LogP contribution in [0.3, 0.4) is 0 Å². The highest BCUT2D eigenvalue weighted by Crippen LogP contribution is 2.41. The average Bonchev–Trinajstić information content (AvgIpc) is 3.53. The first-order chi connectivity index (χ1) is 18.3. The van der Waals surface area contributed by atoms with Crippen molar-refractivity contribution >= 4 is 52.7 Å². The number of fused-ring (bicyclic) bond motifs is 2. The summed E-state index contributed by atoms with van der Waals surface area (Å²) in [4.78, 5) is 56.4. The number of thioether (sulfide) groups is 2. The third-order valence-electron chi connectivity index (χ3n) is 5.69. The molecule has 0 bridgehead atoms. The van der Waals surface area contributed by atoms with E-state index in [9.17, 15) is 24.3 Å². The number of carboxylic acid groups (broad SMARTS) is 1. The van der Waals surface area contributed by atoms with Crippen molar-refractivity contribution in [1.82, 2.24) is 29.6 Å². The van der Waals surface area contributed by atoms with E-state index in [2.05, 4.69) is 20.7 Å². The Balaban J connectivity index is 1.31. The van der Waals surface area contributed by atoms with E-state index in [4.69, 9.17) is 9.25 Å². The van der Waals surface area contributed by atoms with Crippen LogP contribution >= 0.6 is 23.5 Å². The van der Waals surface area contributed by atoms with Gasteiger partial charge < -0.3 is 19.7 Å². The lowest BCUT2D eigenvalue weighted by molar-refractivity contribution is -0.150. The summed E-state index contributed by atoms with van der Waals surface area (Å²) >= 11 is 2.58. The number of carbonyl (C=O) groups excluding carboxylic acids is 2. The second-order valence-electron chi connectivity index (χ2n) is 8.09. The lowest BCUT2D eigenvalue weighted by Crippen LogP contribution is -2.71. The molecule has 3 aromatic heterocycles.